The minimum absolute atomic E-state index is 0.135. The Labute approximate surface area is 229 Å². The molecule has 0 fully saturated rings. The van der Waals surface area contributed by atoms with Gasteiger partial charge in [-0.15, -0.1) is 0 Å². The lowest BCUT2D eigenvalue weighted by Gasteiger charge is -2.45. The van der Waals surface area contributed by atoms with Crippen molar-refractivity contribution in [2.24, 2.45) is 0 Å². The van der Waals surface area contributed by atoms with Crippen LogP contribution in [0.4, 0.5) is 5.69 Å². The summed E-state index contributed by atoms with van der Waals surface area (Å²) in [5.41, 5.74) is 2.61. The minimum Gasteiger partial charge on any atom is -0.497 e. The molecule has 0 aliphatic carbocycles. The Bertz CT molecular complexity index is 1360. The first-order chi connectivity index (χ1) is 17.5. The number of hydrogen-bond acceptors (Lipinski definition) is 9. The summed E-state index contributed by atoms with van der Waals surface area (Å²) in [7, 11) is 4.07. The van der Waals surface area contributed by atoms with Gasteiger partial charge in [-0.05, 0) is 45.0 Å². The van der Waals surface area contributed by atoms with Crippen LogP contribution in [0.15, 0.2) is 56.5 Å². The molecule has 0 spiro atoms. The monoisotopic (exact) mass is 555 g/mol. The summed E-state index contributed by atoms with van der Waals surface area (Å²) in [5, 5.41) is 0. The topological polar surface area (TPSA) is 82.1 Å². The molecule has 7 nitrogen and oxygen atoms in total. The second kappa shape index (κ2) is 10.4. The molecular weight excluding hydrogens is 530 g/mol. The predicted molar refractivity (Wildman–Crippen MR) is 151 cm³/mol. The van der Waals surface area contributed by atoms with E-state index in [0.717, 1.165) is 29.1 Å². The molecule has 0 N–H and O–H groups in total. The van der Waals surface area contributed by atoms with E-state index in [4.69, 9.17) is 26.4 Å². The molecule has 1 amide bonds. The molecule has 2 aliphatic heterocycles. The number of methoxy groups -OCH3 is 3. The average molecular weight is 556 g/mol. The van der Waals surface area contributed by atoms with Crippen LogP contribution in [0, 0.1) is 6.92 Å². The van der Waals surface area contributed by atoms with E-state index in [-0.39, 0.29) is 15.7 Å². The first-order valence-electron chi connectivity index (χ1n) is 11.2. The maximum atomic E-state index is 13.9. The van der Waals surface area contributed by atoms with Crippen LogP contribution >= 0.6 is 35.7 Å². The fraction of sp³-hybridized carbons (Fsp3) is 0.259. The van der Waals surface area contributed by atoms with Crippen molar-refractivity contribution in [2.75, 3.05) is 26.2 Å². The van der Waals surface area contributed by atoms with E-state index in [2.05, 4.69) is 0 Å². The standard InChI is InChI=1S/C27H25NO6S3/c1-14-7-9-15(10-8-14)23(29)28-18-13-16(32-4)11-12-17(18)19(22(35)27(28,2)3)26-36-20(24(30)33-5)21(37-26)25(31)34-6/h7-13H,1-6H3. The van der Waals surface area contributed by atoms with Crippen molar-refractivity contribution in [3.63, 3.8) is 0 Å². The van der Waals surface area contributed by atoms with E-state index in [1.807, 2.05) is 39.0 Å². The zero-order chi connectivity index (χ0) is 27.1. The molecule has 0 saturated heterocycles. The lowest BCUT2D eigenvalue weighted by molar-refractivity contribution is -0.138. The maximum Gasteiger partial charge on any atom is 0.346 e. The van der Waals surface area contributed by atoms with Crippen molar-refractivity contribution in [3.8, 4) is 5.75 Å². The number of thioether (sulfide) groups is 2. The first kappa shape index (κ1) is 27.0. The molecule has 192 valence electrons. The third-order valence-electron chi connectivity index (χ3n) is 6.10. The molecular formula is C27H25NO6S3. The highest BCUT2D eigenvalue weighted by Gasteiger charge is 2.46. The van der Waals surface area contributed by atoms with Crippen LogP contribution in [0.2, 0.25) is 0 Å². The summed E-state index contributed by atoms with van der Waals surface area (Å²) < 4.78 is 15.9. The zero-order valence-corrected chi connectivity index (χ0v) is 23.6. The molecule has 0 bridgehead atoms. The summed E-state index contributed by atoms with van der Waals surface area (Å²) in [6, 6.07) is 12.8. The Morgan fingerprint density at radius 3 is 1.97 bits per heavy atom. The number of hydrogen-bond donors (Lipinski definition) is 0. The molecule has 2 aromatic carbocycles. The van der Waals surface area contributed by atoms with Gasteiger partial charge in [-0.2, -0.15) is 0 Å². The number of benzene rings is 2. The molecule has 2 aliphatic rings. The zero-order valence-electron chi connectivity index (χ0n) is 21.2. The Hall–Kier alpha value is -3.08. The maximum absolute atomic E-state index is 13.9. The lowest BCUT2D eigenvalue weighted by Crippen LogP contribution is -2.56. The fourth-order valence-electron chi connectivity index (χ4n) is 4.11. The van der Waals surface area contributed by atoms with E-state index in [0.29, 0.717) is 37.2 Å². The van der Waals surface area contributed by atoms with Crippen LogP contribution in [-0.4, -0.2) is 49.6 Å². The number of carbonyl (C=O) groups excluding carboxylic acids is 3. The summed E-state index contributed by atoms with van der Waals surface area (Å²) in [6.45, 7) is 5.72. The Balaban J connectivity index is 1.93. The van der Waals surface area contributed by atoms with Gasteiger partial charge >= 0.3 is 11.9 Å². The molecule has 2 heterocycles. The molecule has 0 radical (unpaired) electrons. The molecule has 10 heteroatoms. The lowest BCUT2D eigenvalue weighted by atomic mass is 9.82. The van der Waals surface area contributed by atoms with Gasteiger partial charge in [-0.1, -0.05) is 53.4 Å². The minimum atomic E-state index is -0.931. The van der Waals surface area contributed by atoms with Crippen LogP contribution < -0.4 is 9.64 Å². The van der Waals surface area contributed by atoms with Gasteiger partial charge in [0.05, 0.1) is 41.7 Å². The second-order valence-corrected chi connectivity index (χ2v) is 11.5. The van der Waals surface area contributed by atoms with E-state index in [1.165, 1.54) is 14.2 Å². The van der Waals surface area contributed by atoms with Crippen molar-refractivity contribution in [1.82, 2.24) is 0 Å². The predicted octanol–water partition coefficient (Wildman–Crippen LogP) is 5.52. The fourth-order valence-corrected chi connectivity index (χ4v) is 7.15. The highest BCUT2D eigenvalue weighted by atomic mass is 32.2. The molecule has 37 heavy (non-hydrogen) atoms. The van der Waals surface area contributed by atoms with Crippen molar-refractivity contribution < 1.29 is 28.6 Å². The molecule has 0 unspecified atom stereocenters. The van der Waals surface area contributed by atoms with E-state index in [1.54, 1.807) is 36.3 Å². The van der Waals surface area contributed by atoms with Crippen LogP contribution in [0.3, 0.4) is 0 Å². The average Bonchev–Trinajstić information content (AvgIpc) is 3.33. The van der Waals surface area contributed by atoms with Crippen LogP contribution in [0.25, 0.3) is 5.57 Å². The normalized spacial score (nSPS) is 16.5. The van der Waals surface area contributed by atoms with Crippen LogP contribution in [0.5, 0.6) is 5.75 Å². The largest absolute Gasteiger partial charge is 0.497 e. The van der Waals surface area contributed by atoms with Crippen molar-refractivity contribution in [2.45, 2.75) is 26.3 Å². The van der Waals surface area contributed by atoms with Gasteiger partial charge < -0.3 is 14.2 Å². The number of ether oxygens (including phenoxy) is 3. The third-order valence-corrected chi connectivity index (χ3v) is 9.36. The number of rotatable bonds is 4. The number of esters is 2. The molecule has 0 aromatic heterocycles. The highest BCUT2D eigenvalue weighted by molar-refractivity contribution is 8.29. The van der Waals surface area contributed by atoms with E-state index < -0.39 is 17.5 Å². The summed E-state index contributed by atoms with van der Waals surface area (Å²) in [4.78, 5) is 41.3. The third kappa shape index (κ3) is 4.69. The van der Waals surface area contributed by atoms with Gasteiger partial charge in [0.15, 0.2) is 0 Å². The van der Waals surface area contributed by atoms with E-state index in [9.17, 15) is 14.4 Å². The first-order valence-corrected chi connectivity index (χ1v) is 13.2. The number of fused-ring (bicyclic) bond motifs is 1. The quantitative estimate of drug-likeness (QED) is 0.275. The number of nitrogens with zero attached hydrogens (tertiary/aromatic N) is 1. The number of aryl methyl sites for hydroxylation is 1. The van der Waals surface area contributed by atoms with Gasteiger partial charge in [0, 0.05) is 22.8 Å². The number of carbonyl (C=O) groups is 3. The number of anilines is 1. The molecule has 4 rings (SSSR count). The number of amides is 1. The van der Waals surface area contributed by atoms with Crippen molar-refractivity contribution >= 4 is 69.7 Å². The van der Waals surface area contributed by atoms with Crippen molar-refractivity contribution in [1.29, 1.82) is 0 Å². The van der Waals surface area contributed by atoms with Gasteiger partial charge in [-0.25, -0.2) is 9.59 Å². The highest BCUT2D eigenvalue weighted by Crippen LogP contribution is 2.56. The second-order valence-electron chi connectivity index (χ2n) is 8.79. The van der Waals surface area contributed by atoms with Gasteiger partial charge in [0.25, 0.3) is 5.91 Å². The summed E-state index contributed by atoms with van der Waals surface area (Å²) in [5.74, 6) is -0.911. The molecule has 0 saturated carbocycles. The summed E-state index contributed by atoms with van der Waals surface area (Å²) in [6.07, 6.45) is 0. The van der Waals surface area contributed by atoms with Gasteiger partial charge in [0.2, 0.25) is 0 Å². The van der Waals surface area contributed by atoms with Gasteiger partial charge in [-0.3, -0.25) is 9.69 Å². The van der Waals surface area contributed by atoms with Gasteiger partial charge in [0.1, 0.15) is 15.6 Å². The smallest absolute Gasteiger partial charge is 0.346 e. The number of thiocarbonyl (C=S) groups is 1. The Morgan fingerprint density at radius 1 is 0.892 bits per heavy atom. The van der Waals surface area contributed by atoms with Crippen molar-refractivity contribution in [3.05, 3.63) is 73.2 Å². The Kier molecular flexibility index (Phi) is 7.55. The molecule has 0 atom stereocenters. The molecule has 2 aromatic rings. The van der Waals surface area contributed by atoms with Crippen LogP contribution in [-0.2, 0) is 19.1 Å². The SMILES string of the molecule is COC(=O)C1=C(C(=O)OC)SC(=C2C(=S)C(C)(C)N(C(=O)c3ccc(C)cc3)c3cc(OC)ccc32)S1. The Morgan fingerprint density at radius 2 is 1.46 bits per heavy atom. The van der Waals surface area contributed by atoms with E-state index >= 15 is 0 Å². The van der Waals surface area contributed by atoms with Crippen LogP contribution in [0.1, 0.15) is 35.3 Å². The summed E-state index contributed by atoms with van der Waals surface area (Å²) >= 11 is 8.23.